The highest BCUT2D eigenvalue weighted by Crippen LogP contribution is 2.24. The van der Waals surface area contributed by atoms with Crippen LogP contribution in [0.25, 0.3) is 16.9 Å². The Bertz CT molecular complexity index is 1150. The summed E-state index contributed by atoms with van der Waals surface area (Å²) in [7, 11) is 0. The third kappa shape index (κ3) is 3.17. The van der Waals surface area contributed by atoms with Gasteiger partial charge >= 0.3 is 0 Å². The molecule has 0 saturated heterocycles. The third-order valence-corrected chi connectivity index (χ3v) is 4.28. The van der Waals surface area contributed by atoms with E-state index >= 15 is 0 Å². The molecule has 2 aromatic heterocycles. The van der Waals surface area contributed by atoms with Crippen LogP contribution in [0.5, 0.6) is 0 Å². The molecule has 4 aromatic rings. The molecule has 0 radical (unpaired) electrons. The molecular formula is C21H15F2N3O. The predicted molar refractivity (Wildman–Crippen MR) is 99.7 cm³/mol. The van der Waals surface area contributed by atoms with Gasteiger partial charge in [-0.2, -0.15) is 0 Å². The predicted octanol–water partition coefficient (Wildman–Crippen LogP) is 4.84. The van der Waals surface area contributed by atoms with Gasteiger partial charge in [0.25, 0.3) is 5.91 Å². The number of carbonyl (C=O) groups is 1. The molecule has 1 amide bonds. The van der Waals surface area contributed by atoms with Crippen LogP contribution in [0, 0.1) is 18.6 Å². The molecule has 2 aromatic carbocycles. The largest absolute Gasteiger partial charge is 0.322 e. The van der Waals surface area contributed by atoms with Crippen molar-refractivity contribution in [3.8, 4) is 11.3 Å². The van der Waals surface area contributed by atoms with E-state index in [-0.39, 0.29) is 0 Å². The maximum Gasteiger partial charge on any atom is 0.261 e. The number of fused-ring (bicyclic) bond motifs is 1. The Morgan fingerprint density at radius 3 is 2.52 bits per heavy atom. The van der Waals surface area contributed by atoms with Crippen LogP contribution in [-0.2, 0) is 0 Å². The van der Waals surface area contributed by atoms with Crippen LogP contribution in [0.15, 0.2) is 67.0 Å². The first-order valence-corrected chi connectivity index (χ1v) is 8.33. The highest BCUT2D eigenvalue weighted by Gasteiger charge is 2.17. The van der Waals surface area contributed by atoms with Crippen molar-refractivity contribution < 1.29 is 13.6 Å². The molecule has 0 fully saturated rings. The lowest BCUT2D eigenvalue weighted by Crippen LogP contribution is -2.15. The van der Waals surface area contributed by atoms with E-state index in [1.165, 1.54) is 6.07 Å². The lowest BCUT2D eigenvalue weighted by molar-refractivity contribution is 0.101. The molecule has 1 N–H and O–H groups in total. The molecule has 4 nitrogen and oxygen atoms in total. The number of halogens is 2. The smallest absolute Gasteiger partial charge is 0.261 e. The lowest BCUT2D eigenvalue weighted by Gasteiger charge is -2.08. The Kier molecular flexibility index (Phi) is 4.16. The summed E-state index contributed by atoms with van der Waals surface area (Å²) in [6, 6.07) is 14.2. The SMILES string of the molecule is Cc1cccn2cc(-c3cccc(NC(=O)c4c(F)cccc4F)c3)nc12. The highest BCUT2D eigenvalue weighted by atomic mass is 19.1. The summed E-state index contributed by atoms with van der Waals surface area (Å²) < 4.78 is 29.5. The van der Waals surface area contributed by atoms with Crippen molar-refractivity contribution in [1.29, 1.82) is 0 Å². The zero-order chi connectivity index (χ0) is 19.0. The average molecular weight is 363 g/mol. The van der Waals surface area contributed by atoms with Gasteiger partial charge in [0.1, 0.15) is 22.8 Å². The van der Waals surface area contributed by atoms with Gasteiger partial charge in [0.2, 0.25) is 0 Å². The van der Waals surface area contributed by atoms with Crippen LogP contribution < -0.4 is 5.32 Å². The molecule has 0 bridgehead atoms. The van der Waals surface area contributed by atoms with Gasteiger partial charge in [0.15, 0.2) is 0 Å². The average Bonchev–Trinajstić information content (AvgIpc) is 3.08. The molecule has 0 spiro atoms. The molecular weight excluding hydrogens is 348 g/mol. The van der Waals surface area contributed by atoms with E-state index < -0.39 is 23.1 Å². The second-order valence-electron chi connectivity index (χ2n) is 6.18. The number of hydrogen-bond donors (Lipinski definition) is 1. The first kappa shape index (κ1) is 16.9. The molecule has 2 heterocycles. The number of aromatic nitrogens is 2. The monoisotopic (exact) mass is 363 g/mol. The molecule has 0 aliphatic heterocycles. The number of nitrogens with one attached hydrogen (secondary N) is 1. The number of hydrogen-bond acceptors (Lipinski definition) is 2. The summed E-state index contributed by atoms with van der Waals surface area (Å²) in [6.45, 7) is 1.98. The Labute approximate surface area is 154 Å². The molecule has 134 valence electrons. The first-order valence-electron chi connectivity index (χ1n) is 8.33. The Morgan fingerprint density at radius 1 is 1.04 bits per heavy atom. The van der Waals surface area contributed by atoms with Crippen LogP contribution in [0.4, 0.5) is 14.5 Å². The standard InChI is InChI=1S/C21H15F2N3O/c1-13-5-4-10-26-12-18(25-20(13)26)14-6-2-7-15(11-14)24-21(27)19-16(22)8-3-9-17(19)23/h2-12H,1H3,(H,24,27). The van der Waals surface area contributed by atoms with E-state index in [1.807, 2.05) is 41.9 Å². The Balaban J connectivity index is 1.66. The maximum atomic E-state index is 13.8. The number of amides is 1. The van der Waals surface area contributed by atoms with Crippen LogP contribution in [0.2, 0.25) is 0 Å². The number of nitrogens with zero attached hydrogens (tertiary/aromatic N) is 2. The number of rotatable bonds is 3. The van der Waals surface area contributed by atoms with Gasteiger partial charge in [-0.3, -0.25) is 4.79 Å². The fraction of sp³-hybridized carbons (Fsp3) is 0.0476. The summed E-state index contributed by atoms with van der Waals surface area (Å²) in [6.07, 6.45) is 3.80. The van der Waals surface area contributed by atoms with Crippen molar-refractivity contribution in [1.82, 2.24) is 9.38 Å². The van der Waals surface area contributed by atoms with Crippen molar-refractivity contribution in [3.05, 3.63) is 89.8 Å². The van der Waals surface area contributed by atoms with E-state index in [9.17, 15) is 13.6 Å². The molecule has 0 atom stereocenters. The van der Waals surface area contributed by atoms with Crippen LogP contribution in [0.3, 0.4) is 0 Å². The van der Waals surface area contributed by atoms with Crippen molar-refractivity contribution >= 4 is 17.2 Å². The number of imidazole rings is 1. The second-order valence-corrected chi connectivity index (χ2v) is 6.18. The third-order valence-electron chi connectivity index (χ3n) is 4.28. The lowest BCUT2D eigenvalue weighted by atomic mass is 10.1. The minimum absolute atomic E-state index is 0.425. The van der Waals surface area contributed by atoms with E-state index in [0.29, 0.717) is 5.69 Å². The fourth-order valence-corrected chi connectivity index (χ4v) is 2.96. The zero-order valence-electron chi connectivity index (χ0n) is 14.4. The summed E-state index contributed by atoms with van der Waals surface area (Å²) in [5.41, 5.74) is 3.22. The van der Waals surface area contributed by atoms with E-state index in [2.05, 4.69) is 10.3 Å². The summed E-state index contributed by atoms with van der Waals surface area (Å²) in [5.74, 6) is -2.65. The van der Waals surface area contributed by atoms with Crippen molar-refractivity contribution in [2.75, 3.05) is 5.32 Å². The number of benzene rings is 2. The second kappa shape index (κ2) is 6.64. The molecule has 27 heavy (non-hydrogen) atoms. The Hall–Kier alpha value is -3.54. The van der Waals surface area contributed by atoms with Gasteiger partial charge in [-0.1, -0.05) is 24.3 Å². The summed E-state index contributed by atoms with van der Waals surface area (Å²) in [5, 5.41) is 2.54. The number of aryl methyl sites for hydroxylation is 1. The molecule has 0 unspecified atom stereocenters. The molecule has 6 heteroatoms. The van der Waals surface area contributed by atoms with Gasteiger partial charge in [-0.15, -0.1) is 0 Å². The molecule has 0 aliphatic rings. The quantitative estimate of drug-likeness (QED) is 0.566. The molecule has 0 aliphatic carbocycles. The van der Waals surface area contributed by atoms with Gasteiger partial charge in [-0.25, -0.2) is 13.8 Å². The van der Waals surface area contributed by atoms with E-state index in [1.54, 1.807) is 18.2 Å². The zero-order valence-corrected chi connectivity index (χ0v) is 14.4. The number of carbonyl (C=O) groups excluding carboxylic acids is 1. The van der Waals surface area contributed by atoms with Gasteiger partial charge < -0.3 is 9.72 Å². The minimum atomic E-state index is -0.903. The maximum absolute atomic E-state index is 13.8. The topological polar surface area (TPSA) is 46.4 Å². The highest BCUT2D eigenvalue weighted by molar-refractivity contribution is 6.04. The number of pyridine rings is 1. The van der Waals surface area contributed by atoms with Gasteiger partial charge in [-0.05, 0) is 42.8 Å². The van der Waals surface area contributed by atoms with Crippen molar-refractivity contribution in [2.45, 2.75) is 6.92 Å². The summed E-state index contributed by atoms with van der Waals surface area (Å²) in [4.78, 5) is 16.9. The van der Waals surface area contributed by atoms with Crippen molar-refractivity contribution in [2.24, 2.45) is 0 Å². The normalized spacial score (nSPS) is 10.9. The van der Waals surface area contributed by atoms with Crippen LogP contribution in [-0.4, -0.2) is 15.3 Å². The van der Waals surface area contributed by atoms with Crippen LogP contribution in [0.1, 0.15) is 15.9 Å². The Morgan fingerprint density at radius 2 is 1.78 bits per heavy atom. The van der Waals surface area contributed by atoms with Crippen molar-refractivity contribution in [3.63, 3.8) is 0 Å². The fourth-order valence-electron chi connectivity index (χ4n) is 2.96. The minimum Gasteiger partial charge on any atom is -0.322 e. The van der Waals surface area contributed by atoms with E-state index in [4.69, 9.17) is 0 Å². The number of anilines is 1. The van der Waals surface area contributed by atoms with Gasteiger partial charge in [0.05, 0.1) is 5.69 Å². The van der Waals surface area contributed by atoms with Crippen LogP contribution >= 0.6 is 0 Å². The molecule has 0 saturated carbocycles. The summed E-state index contributed by atoms with van der Waals surface area (Å²) >= 11 is 0. The van der Waals surface area contributed by atoms with Gasteiger partial charge in [0, 0.05) is 23.6 Å². The molecule has 4 rings (SSSR count). The first-order chi connectivity index (χ1) is 13.0. The van der Waals surface area contributed by atoms with E-state index in [0.717, 1.165) is 34.6 Å².